The number of hydrogen-bond acceptors (Lipinski definition) is 5. The number of benzene rings is 1. The van der Waals surface area contributed by atoms with Crippen molar-refractivity contribution in [2.75, 3.05) is 6.61 Å². The van der Waals surface area contributed by atoms with Gasteiger partial charge in [-0.25, -0.2) is 13.6 Å². The van der Waals surface area contributed by atoms with Crippen molar-refractivity contribution >= 4 is 21.9 Å². The van der Waals surface area contributed by atoms with Crippen molar-refractivity contribution < 1.29 is 22.7 Å². The molecule has 0 bridgehead atoms. The Labute approximate surface area is 154 Å². The second-order valence-corrected chi connectivity index (χ2v) is 8.44. The van der Waals surface area contributed by atoms with Crippen LogP contribution < -0.4 is 10.5 Å². The Hall–Kier alpha value is -1.93. The molecule has 144 valence electrons. The molecule has 0 spiro atoms. The molecule has 0 heterocycles. The summed E-state index contributed by atoms with van der Waals surface area (Å²) in [6.45, 7) is 1.94. The lowest BCUT2D eigenvalue weighted by molar-refractivity contribution is -0.148. The summed E-state index contributed by atoms with van der Waals surface area (Å²) in [6.07, 6.45) is 4.66. The van der Waals surface area contributed by atoms with Crippen molar-refractivity contribution in [3.63, 3.8) is 0 Å². The molecule has 1 saturated carbocycles. The van der Waals surface area contributed by atoms with Gasteiger partial charge in [0.25, 0.3) is 5.91 Å². The third-order valence-electron chi connectivity index (χ3n) is 4.61. The van der Waals surface area contributed by atoms with Crippen LogP contribution in [0.2, 0.25) is 0 Å². The van der Waals surface area contributed by atoms with Crippen LogP contribution in [0.4, 0.5) is 0 Å². The van der Waals surface area contributed by atoms with E-state index in [1.54, 1.807) is 12.1 Å². The summed E-state index contributed by atoms with van der Waals surface area (Å²) in [5.41, 5.74) is 0.787. The molecule has 0 saturated heterocycles. The zero-order valence-corrected chi connectivity index (χ0v) is 15.8. The molecule has 1 aromatic carbocycles. The zero-order chi connectivity index (χ0) is 19.2. The van der Waals surface area contributed by atoms with Crippen molar-refractivity contribution in [1.29, 1.82) is 0 Å². The lowest BCUT2D eigenvalue weighted by Crippen LogP contribution is -2.39. The maximum absolute atomic E-state index is 11.8. The highest BCUT2D eigenvalue weighted by Gasteiger charge is 2.20. The van der Waals surface area contributed by atoms with Crippen LogP contribution in [0.1, 0.15) is 44.6 Å². The van der Waals surface area contributed by atoms with E-state index in [1.165, 1.54) is 12.1 Å². The average Bonchev–Trinajstić information content (AvgIpc) is 2.60. The molecule has 1 fully saturated rings. The fraction of sp³-hybridized carbons (Fsp3) is 0.556. The molecule has 0 unspecified atom stereocenters. The molecule has 0 aliphatic heterocycles. The van der Waals surface area contributed by atoms with Gasteiger partial charge in [0.15, 0.2) is 6.61 Å². The number of aryl methyl sites for hydroxylation is 1. The number of amides is 1. The molecule has 1 aromatic rings. The molecule has 0 atom stereocenters. The van der Waals surface area contributed by atoms with Crippen molar-refractivity contribution in [1.82, 2.24) is 5.32 Å². The Bertz CT molecular complexity index is 722. The van der Waals surface area contributed by atoms with Crippen LogP contribution in [-0.4, -0.2) is 32.9 Å². The number of carbonyl (C=O) groups excluding carboxylic acids is 2. The summed E-state index contributed by atoms with van der Waals surface area (Å²) in [6, 6.07) is 6.17. The van der Waals surface area contributed by atoms with Crippen LogP contribution in [0.3, 0.4) is 0 Å². The maximum atomic E-state index is 11.8. The van der Waals surface area contributed by atoms with Crippen molar-refractivity contribution in [2.45, 2.75) is 56.4 Å². The van der Waals surface area contributed by atoms with Gasteiger partial charge in [0.2, 0.25) is 10.0 Å². The molecule has 3 N–H and O–H groups in total. The van der Waals surface area contributed by atoms with E-state index in [9.17, 15) is 18.0 Å². The Kier molecular flexibility index (Phi) is 7.16. The highest BCUT2D eigenvalue weighted by Crippen LogP contribution is 2.23. The van der Waals surface area contributed by atoms with E-state index in [0.717, 1.165) is 31.2 Å². The van der Waals surface area contributed by atoms with Gasteiger partial charge >= 0.3 is 5.97 Å². The molecule has 0 aromatic heterocycles. The summed E-state index contributed by atoms with van der Waals surface area (Å²) in [5.74, 6) is -0.0247. The van der Waals surface area contributed by atoms with Crippen LogP contribution in [0, 0.1) is 5.92 Å². The molecule has 0 radical (unpaired) electrons. The summed E-state index contributed by atoms with van der Waals surface area (Å²) in [5, 5.41) is 7.93. The second-order valence-electron chi connectivity index (χ2n) is 6.87. The number of rotatable bonds is 7. The van der Waals surface area contributed by atoms with E-state index in [4.69, 9.17) is 9.88 Å². The first-order chi connectivity index (χ1) is 12.2. The van der Waals surface area contributed by atoms with Gasteiger partial charge in [0, 0.05) is 12.5 Å². The summed E-state index contributed by atoms with van der Waals surface area (Å²) in [4.78, 5) is 23.6. The van der Waals surface area contributed by atoms with Crippen molar-refractivity contribution in [3.8, 4) is 0 Å². The first-order valence-corrected chi connectivity index (χ1v) is 10.4. The van der Waals surface area contributed by atoms with Gasteiger partial charge in [-0.3, -0.25) is 9.59 Å². The largest absolute Gasteiger partial charge is 0.456 e. The molecule has 1 amide bonds. The van der Waals surface area contributed by atoms with Crippen LogP contribution in [0.25, 0.3) is 0 Å². The maximum Gasteiger partial charge on any atom is 0.306 e. The predicted molar refractivity (Wildman–Crippen MR) is 96.7 cm³/mol. The number of primary sulfonamides is 1. The lowest BCUT2D eigenvalue weighted by Gasteiger charge is -2.26. The molecular weight excluding hydrogens is 356 g/mol. The minimum Gasteiger partial charge on any atom is -0.456 e. The number of esters is 1. The third kappa shape index (κ3) is 6.76. The average molecular weight is 382 g/mol. The van der Waals surface area contributed by atoms with E-state index in [1.807, 2.05) is 0 Å². The van der Waals surface area contributed by atoms with Crippen LogP contribution >= 0.6 is 0 Å². The highest BCUT2D eigenvalue weighted by molar-refractivity contribution is 7.89. The number of nitrogens with two attached hydrogens (primary N) is 1. The Morgan fingerprint density at radius 2 is 1.77 bits per heavy atom. The summed E-state index contributed by atoms with van der Waals surface area (Å²) < 4.78 is 27.4. The number of carbonyl (C=O) groups is 2. The topological polar surface area (TPSA) is 116 Å². The van der Waals surface area contributed by atoms with Crippen LogP contribution in [0.5, 0.6) is 0 Å². The quantitative estimate of drug-likeness (QED) is 0.694. The van der Waals surface area contributed by atoms with Gasteiger partial charge in [-0.15, -0.1) is 0 Å². The van der Waals surface area contributed by atoms with E-state index in [2.05, 4.69) is 12.2 Å². The monoisotopic (exact) mass is 382 g/mol. The fourth-order valence-corrected chi connectivity index (χ4v) is 3.50. The van der Waals surface area contributed by atoms with Gasteiger partial charge in [0.1, 0.15) is 0 Å². The highest BCUT2D eigenvalue weighted by atomic mass is 32.2. The first kappa shape index (κ1) is 20.4. The third-order valence-corrected chi connectivity index (χ3v) is 5.54. The standard InChI is InChI=1S/C18H26N2O5S/c1-13-2-7-15(8-3-13)20-17(21)12-25-18(22)11-6-14-4-9-16(10-5-14)26(19,23)24/h4-5,9-10,13,15H,2-3,6-8,11-12H2,1H3,(H,20,21)(H2,19,23,24). The van der Waals surface area contributed by atoms with Crippen LogP contribution in [-0.2, 0) is 30.8 Å². The Balaban J connectivity index is 1.68. The van der Waals surface area contributed by atoms with Gasteiger partial charge < -0.3 is 10.1 Å². The second kappa shape index (κ2) is 9.14. The SMILES string of the molecule is CC1CCC(NC(=O)COC(=O)CCc2ccc(S(N)(=O)=O)cc2)CC1. The molecule has 8 heteroatoms. The lowest BCUT2D eigenvalue weighted by atomic mass is 9.87. The van der Waals surface area contributed by atoms with Crippen molar-refractivity contribution in [3.05, 3.63) is 29.8 Å². The molecule has 1 aliphatic rings. The number of hydrogen-bond donors (Lipinski definition) is 2. The van der Waals surface area contributed by atoms with E-state index >= 15 is 0 Å². The predicted octanol–water partition coefficient (Wildman–Crippen LogP) is 1.50. The van der Waals surface area contributed by atoms with E-state index < -0.39 is 16.0 Å². The molecular formula is C18H26N2O5S. The van der Waals surface area contributed by atoms with E-state index in [-0.39, 0.29) is 29.9 Å². The van der Waals surface area contributed by atoms with Gasteiger partial charge in [-0.2, -0.15) is 0 Å². The normalized spacial score (nSPS) is 20.4. The van der Waals surface area contributed by atoms with E-state index in [0.29, 0.717) is 12.3 Å². The summed E-state index contributed by atoms with van der Waals surface area (Å²) >= 11 is 0. The van der Waals surface area contributed by atoms with Crippen molar-refractivity contribution in [2.24, 2.45) is 11.1 Å². The molecule has 2 rings (SSSR count). The number of nitrogens with one attached hydrogen (secondary N) is 1. The molecule has 7 nitrogen and oxygen atoms in total. The Morgan fingerprint density at radius 1 is 1.15 bits per heavy atom. The van der Waals surface area contributed by atoms with Crippen LogP contribution in [0.15, 0.2) is 29.2 Å². The smallest absolute Gasteiger partial charge is 0.306 e. The van der Waals surface area contributed by atoms with Gasteiger partial charge in [-0.05, 0) is 55.7 Å². The number of ether oxygens (including phenoxy) is 1. The minimum absolute atomic E-state index is 0.0256. The Morgan fingerprint density at radius 3 is 2.35 bits per heavy atom. The molecule has 1 aliphatic carbocycles. The fourth-order valence-electron chi connectivity index (χ4n) is 2.98. The van der Waals surface area contributed by atoms with Gasteiger partial charge in [0.05, 0.1) is 4.90 Å². The van der Waals surface area contributed by atoms with Gasteiger partial charge in [-0.1, -0.05) is 19.1 Å². The number of sulfonamides is 1. The summed E-state index contributed by atoms with van der Waals surface area (Å²) in [7, 11) is -3.72. The first-order valence-electron chi connectivity index (χ1n) is 8.81. The zero-order valence-electron chi connectivity index (χ0n) is 14.9. The molecule has 26 heavy (non-hydrogen) atoms. The minimum atomic E-state index is -3.72.